The number of carbonyl (C=O) groups is 1. The minimum absolute atomic E-state index is 0.0937. The van der Waals surface area contributed by atoms with E-state index in [1.165, 1.54) is 5.56 Å². The van der Waals surface area contributed by atoms with E-state index in [-0.39, 0.29) is 5.69 Å². The van der Waals surface area contributed by atoms with Gasteiger partial charge in [-0.1, -0.05) is 24.6 Å². The highest BCUT2D eigenvalue weighted by Crippen LogP contribution is 2.23. The number of hydrogen-bond acceptors (Lipinski definition) is 2. The van der Waals surface area contributed by atoms with Crippen molar-refractivity contribution in [1.82, 2.24) is 9.78 Å². The second-order valence-electron chi connectivity index (χ2n) is 4.84. The Bertz CT molecular complexity index is 619. The molecule has 0 fully saturated rings. The van der Waals surface area contributed by atoms with Crippen molar-refractivity contribution in [1.29, 1.82) is 0 Å². The molecule has 2 rings (SSSR count). The first-order valence-corrected chi connectivity index (χ1v) is 6.34. The Morgan fingerprint density at radius 2 is 1.79 bits per heavy atom. The molecule has 0 atom stereocenters. The Labute approximate surface area is 112 Å². The zero-order valence-corrected chi connectivity index (χ0v) is 11.7. The van der Waals surface area contributed by atoms with Crippen LogP contribution in [0.5, 0.6) is 0 Å². The van der Waals surface area contributed by atoms with Crippen LogP contribution >= 0.6 is 0 Å². The number of aromatic nitrogens is 2. The molecular formula is C15H18N2O2. The first kappa shape index (κ1) is 13.3. The molecule has 1 N–H and O–H groups in total. The lowest BCUT2D eigenvalue weighted by Gasteiger charge is -2.13. The fraction of sp³-hybridized carbons (Fsp3) is 0.333. The molecule has 0 aliphatic carbocycles. The first-order chi connectivity index (χ1) is 8.93. The van der Waals surface area contributed by atoms with E-state index in [2.05, 4.69) is 24.2 Å². The highest BCUT2D eigenvalue weighted by atomic mass is 16.4. The fourth-order valence-corrected chi connectivity index (χ4v) is 2.48. The van der Waals surface area contributed by atoms with Crippen molar-refractivity contribution in [2.24, 2.45) is 0 Å². The summed E-state index contributed by atoms with van der Waals surface area (Å²) in [6.45, 7) is 8.10. The summed E-state index contributed by atoms with van der Waals surface area (Å²) >= 11 is 0. The fourth-order valence-electron chi connectivity index (χ4n) is 2.48. The predicted molar refractivity (Wildman–Crippen MR) is 74.1 cm³/mol. The van der Waals surface area contributed by atoms with Gasteiger partial charge in [0.1, 0.15) is 0 Å². The number of benzene rings is 1. The van der Waals surface area contributed by atoms with Gasteiger partial charge >= 0.3 is 5.97 Å². The molecular weight excluding hydrogens is 240 g/mol. The van der Waals surface area contributed by atoms with Gasteiger partial charge in [0.2, 0.25) is 0 Å². The lowest BCUT2D eigenvalue weighted by molar-refractivity contribution is 0.0690. The normalized spacial score (nSPS) is 10.7. The average molecular weight is 258 g/mol. The third-order valence-electron chi connectivity index (χ3n) is 3.21. The second kappa shape index (κ2) is 4.88. The van der Waals surface area contributed by atoms with Gasteiger partial charge in [0.15, 0.2) is 5.69 Å². The van der Waals surface area contributed by atoms with Crippen molar-refractivity contribution in [3.05, 3.63) is 46.3 Å². The largest absolute Gasteiger partial charge is 0.476 e. The van der Waals surface area contributed by atoms with Gasteiger partial charge in [0.25, 0.3) is 0 Å². The van der Waals surface area contributed by atoms with Crippen LogP contribution in [-0.4, -0.2) is 20.9 Å². The number of aryl methyl sites for hydroxylation is 4. The minimum Gasteiger partial charge on any atom is -0.476 e. The van der Waals surface area contributed by atoms with E-state index in [0.717, 1.165) is 28.9 Å². The Balaban J connectivity index is 2.68. The van der Waals surface area contributed by atoms with Gasteiger partial charge in [-0.05, 0) is 44.4 Å². The van der Waals surface area contributed by atoms with Gasteiger partial charge in [-0.3, -0.25) is 0 Å². The summed E-state index contributed by atoms with van der Waals surface area (Å²) in [5.41, 5.74) is 5.39. The van der Waals surface area contributed by atoms with Gasteiger partial charge < -0.3 is 5.11 Å². The smallest absolute Gasteiger partial charge is 0.356 e. The molecule has 0 aliphatic rings. The zero-order valence-electron chi connectivity index (χ0n) is 11.7. The van der Waals surface area contributed by atoms with Crippen molar-refractivity contribution in [3.63, 3.8) is 0 Å². The standard InChI is InChI=1S/C15H18N2O2/c1-5-12-8-13(15(18)19)16-17(12)14-10(3)6-9(2)7-11(14)4/h6-8H,5H2,1-4H3,(H,18,19). The molecule has 4 nitrogen and oxygen atoms in total. The van der Waals surface area contributed by atoms with E-state index >= 15 is 0 Å². The van der Waals surface area contributed by atoms with Crippen molar-refractivity contribution in [2.75, 3.05) is 0 Å². The molecule has 0 spiro atoms. The highest BCUT2D eigenvalue weighted by Gasteiger charge is 2.16. The third-order valence-corrected chi connectivity index (χ3v) is 3.21. The van der Waals surface area contributed by atoms with Crippen LogP contribution in [0.15, 0.2) is 18.2 Å². The molecule has 0 bridgehead atoms. The summed E-state index contributed by atoms with van der Waals surface area (Å²) in [5.74, 6) is -0.990. The van der Waals surface area contributed by atoms with E-state index in [0.29, 0.717) is 0 Å². The molecule has 2 aromatic rings. The van der Waals surface area contributed by atoms with Gasteiger partial charge in [0.05, 0.1) is 5.69 Å². The van der Waals surface area contributed by atoms with Crippen LogP contribution in [0.2, 0.25) is 0 Å². The molecule has 1 aromatic carbocycles. The van der Waals surface area contributed by atoms with Gasteiger partial charge in [-0.25, -0.2) is 9.48 Å². The topological polar surface area (TPSA) is 55.1 Å². The van der Waals surface area contributed by atoms with Crippen molar-refractivity contribution >= 4 is 5.97 Å². The van der Waals surface area contributed by atoms with Crippen LogP contribution in [0.25, 0.3) is 5.69 Å². The van der Waals surface area contributed by atoms with Crippen LogP contribution in [0, 0.1) is 20.8 Å². The zero-order chi connectivity index (χ0) is 14.2. The summed E-state index contributed by atoms with van der Waals surface area (Å²) in [5, 5.41) is 13.3. The summed E-state index contributed by atoms with van der Waals surface area (Å²) < 4.78 is 1.76. The molecule has 0 unspecified atom stereocenters. The van der Waals surface area contributed by atoms with Gasteiger partial charge in [0, 0.05) is 5.69 Å². The van der Waals surface area contributed by atoms with Crippen LogP contribution in [-0.2, 0) is 6.42 Å². The van der Waals surface area contributed by atoms with Crippen molar-refractivity contribution in [2.45, 2.75) is 34.1 Å². The molecule has 1 aromatic heterocycles. The van der Waals surface area contributed by atoms with E-state index in [1.807, 2.05) is 20.8 Å². The van der Waals surface area contributed by atoms with Crippen LogP contribution < -0.4 is 0 Å². The molecule has 0 radical (unpaired) electrons. The number of nitrogens with zero attached hydrogens (tertiary/aromatic N) is 2. The van der Waals surface area contributed by atoms with Gasteiger partial charge in [-0.2, -0.15) is 5.10 Å². The van der Waals surface area contributed by atoms with E-state index in [9.17, 15) is 4.79 Å². The molecule has 19 heavy (non-hydrogen) atoms. The van der Waals surface area contributed by atoms with Crippen LogP contribution in [0.4, 0.5) is 0 Å². The first-order valence-electron chi connectivity index (χ1n) is 6.34. The van der Waals surface area contributed by atoms with Crippen LogP contribution in [0.1, 0.15) is 39.8 Å². The third kappa shape index (κ3) is 2.38. The summed E-state index contributed by atoms with van der Waals surface area (Å²) in [7, 11) is 0. The molecule has 1 heterocycles. The monoisotopic (exact) mass is 258 g/mol. The number of rotatable bonds is 3. The molecule has 0 saturated carbocycles. The van der Waals surface area contributed by atoms with Crippen LogP contribution in [0.3, 0.4) is 0 Å². The Hall–Kier alpha value is -2.10. The van der Waals surface area contributed by atoms with E-state index in [4.69, 9.17) is 5.11 Å². The highest BCUT2D eigenvalue weighted by molar-refractivity contribution is 5.85. The predicted octanol–water partition coefficient (Wildman–Crippen LogP) is 3.06. The maximum Gasteiger partial charge on any atom is 0.356 e. The second-order valence-corrected chi connectivity index (χ2v) is 4.84. The molecule has 0 aliphatic heterocycles. The minimum atomic E-state index is -0.990. The number of aromatic carboxylic acids is 1. The van der Waals surface area contributed by atoms with Crippen molar-refractivity contribution in [3.8, 4) is 5.69 Å². The molecule has 4 heteroatoms. The Kier molecular flexibility index (Phi) is 3.42. The number of hydrogen-bond donors (Lipinski definition) is 1. The van der Waals surface area contributed by atoms with Crippen molar-refractivity contribution < 1.29 is 9.90 Å². The molecule has 100 valence electrons. The molecule has 0 amide bonds. The van der Waals surface area contributed by atoms with Gasteiger partial charge in [-0.15, -0.1) is 0 Å². The number of carboxylic acid groups (broad SMARTS) is 1. The molecule has 0 saturated heterocycles. The summed E-state index contributed by atoms with van der Waals surface area (Å²) in [6.07, 6.45) is 0.743. The lowest BCUT2D eigenvalue weighted by atomic mass is 10.0. The average Bonchev–Trinajstić information content (AvgIpc) is 2.71. The lowest BCUT2D eigenvalue weighted by Crippen LogP contribution is -2.07. The summed E-state index contributed by atoms with van der Waals surface area (Å²) in [4.78, 5) is 11.1. The Morgan fingerprint density at radius 1 is 1.21 bits per heavy atom. The maximum atomic E-state index is 11.1. The quantitative estimate of drug-likeness (QED) is 0.920. The van der Waals surface area contributed by atoms with E-state index in [1.54, 1.807) is 10.7 Å². The Morgan fingerprint density at radius 3 is 2.26 bits per heavy atom. The van der Waals surface area contributed by atoms with E-state index < -0.39 is 5.97 Å². The summed E-state index contributed by atoms with van der Waals surface area (Å²) in [6, 6.07) is 5.81. The SMILES string of the molecule is CCc1cc(C(=O)O)nn1-c1c(C)cc(C)cc1C. The number of carboxylic acids is 1. The maximum absolute atomic E-state index is 11.1.